The van der Waals surface area contributed by atoms with Crippen molar-refractivity contribution in [3.8, 4) is 0 Å². The van der Waals surface area contributed by atoms with Crippen LogP contribution in [0.1, 0.15) is 0 Å². The lowest BCUT2D eigenvalue weighted by Crippen LogP contribution is -2.46. The minimum absolute atomic E-state index is 0.0638. The Labute approximate surface area is 217 Å². The molecule has 2 aliphatic rings. The normalized spacial score (nSPS) is 17.3. The summed E-state index contributed by atoms with van der Waals surface area (Å²) in [5.41, 5.74) is 3.01. The van der Waals surface area contributed by atoms with E-state index < -0.39 is 7.36 Å². The molecule has 0 amide bonds. The van der Waals surface area contributed by atoms with Gasteiger partial charge in [0.1, 0.15) is 7.36 Å². The molecule has 37 heavy (non-hydrogen) atoms. The van der Waals surface area contributed by atoms with Crippen molar-refractivity contribution in [2.24, 2.45) is 4.74 Å². The third kappa shape index (κ3) is 5.46. The highest BCUT2D eigenvalue weighted by molar-refractivity contribution is 7.69. The lowest BCUT2D eigenvalue weighted by atomic mass is 10.2. The maximum atomic E-state index is 11.2. The number of nitro groups is 1. The number of non-ortho nitro benzene ring substituents is 1. The van der Waals surface area contributed by atoms with Crippen LogP contribution in [0.4, 0.5) is 22.7 Å². The van der Waals surface area contributed by atoms with Gasteiger partial charge in [-0.15, -0.1) is 0 Å². The van der Waals surface area contributed by atoms with Crippen molar-refractivity contribution in [1.29, 1.82) is 0 Å². The van der Waals surface area contributed by atoms with Gasteiger partial charge in [-0.1, -0.05) is 18.2 Å². The van der Waals surface area contributed by atoms with Crippen LogP contribution in [-0.2, 0) is 9.47 Å². The molecule has 0 saturated carbocycles. The molecule has 0 spiro atoms. The highest BCUT2D eigenvalue weighted by atomic mass is 31.2. The van der Waals surface area contributed by atoms with Gasteiger partial charge in [-0.05, 0) is 48.5 Å². The first-order valence-electron chi connectivity index (χ1n) is 12.5. The molecule has 0 radical (unpaired) electrons. The van der Waals surface area contributed by atoms with Gasteiger partial charge >= 0.3 is 0 Å². The monoisotopic (exact) mass is 521 g/mol. The standard InChI is InChI=1S/C27H32N5O4P/c1-29(24-5-3-2-4-6-24)25-11-13-27(14-12-25)37(30-15-19-35-20-16-30,31-17-21-36-22-18-31)28-23-7-9-26(10-8-23)32(33)34/h2-14H,15-22H2,1H3. The second-order valence-corrected chi connectivity index (χ2v) is 12.0. The third-order valence-corrected chi connectivity index (χ3v) is 10.7. The number of hydrogen-bond donors (Lipinski definition) is 0. The molecule has 0 bridgehead atoms. The highest BCUT2D eigenvalue weighted by Gasteiger charge is 2.38. The van der Waals surface area contributed by atoms with E-state index in [1.807, 2.05) is 18.2 Å². The molecule has 3 aromatic rings. The third-order valence-electron chi connectivity index (χ3n) is 6.81. The maximum Gasteiger partial charge on any atom is 0.269 e. The molecular weight excluding hydrogens is 489 g/mol. The summed E-state index contributed by atoms with van der Waals surface area (Å²) in [6, 6.07) is 25.6. The topological polar surface area (TPSA) is 83.7 Å². The van der Waals surface area contributed by atoms with Crippen molar-refractivity contribution in [2.75, 3.05) is 64.6 Å². The average Bonchev–Trinajstić information content (AvgIpc) is 2.97. The quantitative estimate of drug-likeness (QED) is 0.245. The van der Waals surface area contributed by atoms with Crippen molar-refractivity contribution >= 4 is 35.4 Å². The van der Waals surface area contributed by atoms with Gasteiger partial charge in [0, 0.05) is 62.0 Å². The molecule has 194 valence electrons. The number of para-hydroxylation sites is 1. The van der Waals surface area contributed by atoms with Gasteiger partial charge in [0.2, 0.25) is 0 Å². The van der Waals surface area contributed by atoms with Crippen molar-refractivity contribution in [3.63, 3.8) is 0 Å². The molecule has 9 nitrogen and oxygen atoms in total. The number of hydrogen-bond acceptors (Lipinski definition) is 6. The van der Waals surface area contributed by atoms with Gasteiger partial charge < -0.3 is 14.4 Å². The Bertz CT molecular complexity index is 1220. The van der Waals surface area contributed by atoms with Gasteiger partial charge in [-0.25, -0.2) is 14.1 Å². The molecule has 0 N–H and O–H groups in total. The number of morpholine rings is 2. The zero-order chi connectivity index (χ0) is 25.7. The second kappa shape index (κ2) is 11.5. The molecule has 0 atom stereocenters. The van der Waals surface area contributed by atoms with E-state index in [2.05, 4.69) is 57.7 Å². The van der Waals surface area contributed by atoms with E-state index in [1.165, 1.54) is 12.1 Å². The summed E-state index contributed by atoms with van der Waals surface area (Å²) in [6.07, 6.45) is 0. The Hall–Kier alpha value is -3.07. The number of nitrogens with zero attached hydrogens (tertiary/aromatic N) is 5. The van der Waals surface area contributed by atoms with Crippen LogP contribution < -0.4 is 10.2 Å². The number of rotatable bonds is 7. The van der Waals surface area contributed by atoms with E-state index in [1.54, 1.807) is 12.1 Å². The summed E-state index contributed by atoms with van der Waals surface area (Å²) < 4.78 is 21.8. The fraction of sp³-hybridized carbons (Fsp3) is 0.333. The molecule has 5 rings (SSSR count). The highest BCUT2D eigenvalue weighted by Crippen LogP contribution is 2.58. The molecular formula is C27H32N5O4P. The SMILES string of the molecule is CN(c1ccccc1)c1ccc(P(=Nc2ccc([N+](=O)[O-])cc2)(N2CCOCC2)N2CCOCC2)cc1. The van der Waals surface area contributed by atoms with E-state index in [9.17, 15) is 10.1 Å². The van der Waals surface area contributed by atoms with Crippen LogP contribution in [0.25, 0.3) is 0 Å². The summed E-state index contributed by atoms with van der Waals surface area (Å²) in [4.78, 5) is 13.0. The van der Waals surface area contributed by atoms with E-state index >= 15 is 0 Å². The number of nitro benzene ring substituents is 1. The zero-order valence-electron chi connectivity index (χ0n) is 21.0. The molecule has 0 aliphatic carbocycles. The predicted molar refractivity (Wildman–Crippen MR) is 147 cm³/mol. The molecule has 3 aromatic carbocycles. The Morgan fingerprint density at radius 2 is 1.30 bits per heavy atom. The zero-order valence-corrected chi connectivity index (χ0v) is 21.9. The first-order valence-corrected chi connectivity index (χ1v) is 14.2. The summed E-state index contributed by atoms with van der Waals surface area (Å²) in [6.45, 7) is 5.68. The van der Waals surface area contributed by atoms with Crippen molar-refractivity contribution in [2.45, 2.75) is 0 Å². The fourth-order valence-electron chi connectivity index (χ4n) is 4.83. The molecule has 2 aliphatic heterocycles. The Morgan fingerprint density at radius 1 is 0.784 bits per heavy atom. The van der Waals surface area contributed by atoms with Crippen LogP contribution in [0.15, 0.2) is 83.6 Å². The van der Waals surface area contributed by atoms with Gasteiger partial charge in [0.25, 0.3) is 5.69 Å². The molecule has 10 heteroatoms. The lowest BCUT2D eigenvalue weighted by molar-refractivity contribution is -0.384. The predicted octanol–water partition coefficient (Wildman–Crippen LogP) is 5.02. The maximum absolute atomic E-state index is 11.2. The van der Waals surface area contributed by atoms with Crippen LogP contribution in [-0.4, -0.2) is 73.9 Å². The second-order valence-electron chi connectivity index (χ2n) is 8.98. The molecule has 0 unspecified atom stereocenters. The van der Waals surface area contributed by atoms with Gasteiger partial charge in [-0.3, -0.25) is 10.1 Å². The molecule has 0 aromatic heterocycles. The average molecular weight is 522 g/mol. The molecule has 2 heterocycles. The van der Waals surface area contributed by atoms with Crippen molar-refractivity contribution in [1.82, 2.24) is 9.34 Å². The number of anilines is 2. The van der Waals surface area contributed by atoms with Crippen LogP contribution in [0, 0.1) is 10.1 Å². The Morgan fingerprint density at radius 3 is 1.81 bits per heavy atom. The van der Waals surface area contributed by atoms with Crippen LogP contribution in [0.5, 0.6) is 0 Å². The molecule has 2 saturated heterocycles. The summed E-state index contributed by atoms with van der Waals surface area (Å²) in [5.74, 6) is 0. The van der Waals surface area contributed by atoms with E-state index in [0.29, 0.717) is 26.4 Å². The van der Waals surface area contributed by atoms with Gasteiger partial charge in [-0.2, -0.15) is 0 Å². The largest absolute Gasteiger partial charge is 0.379 e. The first kappa shape index (κ1) is 25.6. The smallest absolute Gasteiger partial charge is 0.269 e. The Kier molecular flexibility index (Phi) is 7.98. The van der Waals surface area contributed by atoms with Crippen molar-refractivity contribution < 1.29 is 14.4 Å². The molecule has 2 fully saturated rings. The first-order chi connectivity index (χ1) is 18.1. The van der Waals surface area contributed by atoms with Crippen LogP contribution in [0.2, 0.25) is 0 Å². The van der Waals surface area contributed by atoms with Gasteiger partial charge in [0.15, 0.2) is 0 Å². The Balaban J connectivity index is 1.62. The van der Waals surface area contributed by atoms with Crippen LogP contribution in [0.3, 0.4) is 0 Å². The summed E-state index contributed by atoms with van der Waals surface area (Å²) in [5, 5.41) is 12.4. The van der Waals surface area contributed by atoms with Crippen LogP contribution >= 0.6 is 7.36 Å². The van der Waals surface area contributed by atoms with Gasteiger partial charge in [0.05, 0.1) is 37.0 Å². The van der Waals surface area contributed by atoms with Crippen molar-refractivity contribution in [3.05, 3.63) is 89.0 Å². The minimum atomic E-state index is -2.44. The summed E-state index contributed by atoms with van der Waals surface area (Å²) in [7, 11) is -0.371. The summed E-state index contributed by atoms with van der Waals surface area (Å²) >= 11 is 0. The van der Waals surface area contributed by atoms with E-state index in [-0.39, 0.29) is 10.6 Å². The number of ether oxygens (including phenoxy) is 2. The number of benzene rings is 3. The van der Waals surface area contributed by atoms with E-state index in [4.69, 9.17) is 14.2 Å². The fourth-order valence-corrected chi connectivity index (χ4v) is 8.66. The lowest BCUT2D eigenvalue weighted by Gasteiger charge is -2.46. The minimum Gasteiger partial charge on any atom is -0.379 e. The van der Waals surface area contributed by atoms with E-state index in [0.717, 1.165) is 48.5 Å².